The molecule has 9 aromatic rings. The van der Waals surface area contributed by atoms with Gasteiger partial charge in [-0.15, -0.1) is 11.3 Å². The first-order valence-electron chi connectivity index (χ1n) is 16.6. The summed E-state index contributed by atoms with van der Waals surface area (Å²) in [5.41, 5.74) is 11.2. The van der Waals surface area contributed by atoms with Gasteiger partial charge in [-0.3, -0.25) is 0 Å². The molecule has 1 aliphatic rings. The van der Waals surface area contributed by atoms with Crippen molar-refractivity contribution in [1.29, 1.82) is 10.5 Å². The Balaban J connectivity index is 1.30. The lowest BCUT2D eigenvalue weighted by Crippen LogP contribution is -2.03. The largest absolute Gasteiger partial charge is 0.312 e. The number of para-hydroxylation sites is 2. The predicted molar refractivity (Wildman–Crippen MR) is 207 cm³/mol. The molecule has 5 heteroatoms. The highest BCUT2D eigenvalue weighted by molar-refractivity contribution is 7.27. The van der Waals surface area contributed by atoms with Crippen molar-refractivity contribution in [2.45, 2.75) is 6.42 Å². The fraction of sp³-hybridized carbons (Fsp3) is 0.0222. The van der Waals surface area contributed by atoms with E-state index in [4.69, 9.17) is 0 Å². The first-order chi connectivity index (χ1) is 24.7. The maximum absolute atomic E-state index is 10.1. The van der Waals surface area contributed by atoms with Crippen molar-refractivity contribution < 1.29 is 0 Å². The Morgan fingerprint density at radius 3 is 2.18 bits per heavy atom. The Morgan fingerprint density at radius 1 is 0.560 bits per heavy atom. The lowest BCUT2D eigenvalue weighted by Gasteiger charge is -2.17. The Hall–Kier alpha value is -6.66. The van der Waals surface area contributed by atoms with Gasteiger partial charge < -0.3 is 9.13 Å². The normalized spacial score (nSPS) is 12.5. The SMILES string of the molecule is N#Cc1ccc(-n2c3c(c4cc(C#N)ccc42)C=CC=CC3)c(-c2cccc3c2sc2c3ccc3c4ccccc4n(-c4ccccc4)c32)c1. The van der Waals surface area contributed by atoms with Gasteiger partial charge >= 0.3 is 0 Å². The smallest absolute Gasteiger partial charge is 0.0991 e. The van der Waals surface area contributed by atoms with E-state index in [2.05, 4.69) is 143 Å². The summed E-state index contributed by atoms with van der Waals surface area (Å²) < 4.78 is 7.16. The number of allylic oxidation sites excluding steroid dienone is 3. The zero-order chi connectivity index (χ0) is 33.3. The number of benzene rings is 6. The number of rotatable bonds is 3. The van der Waals surface area contributed by atoms with Gasteiger partial charge in [0.2, 0.25) is 0 Å². The summed E-state index contributed by atoms with van der Waals surface area (Å²) in [7, 11) is 0. The Labute approximate surface area is 291 Å². The quantitative estimate of drug-likeness (QED) is 0.190. The summed E-state index contributed by atoms with van der Waals surface area (Å²) in [4.78, 5) is 0. The second-order valence-corrected chi connectivity index (χ2v) is 13.7. The average Bonchev–Trinajstić information content (AvgIpc) is 3.75. The van der Waals surface area contributed by atoms with E-state index >= 15 is 0 Å². The Morgan fingerprint density at radius 2 is 1.30 bits per heavy atom. The van der Waals surface area contributed by atoms with Gasteiger partial charge in [-0.05, 0) is 54.6 Å². The standard InChI is InChI=1S/C45H26N4S/c46-26-28-18-22-41-37(24-28)32-12-5-2-6-16-40(32)49(41)42-23-19-29(27-47)25-38(42)35-15-9-14-34-36-21-20-33-31-13-7-8-17-39(31)48(30-10-3-1-4-11-30)43(33)45(36)50-44(34)35/h1-15,17-25H,16H2. The van der Waals surface area contributed by atoms with Crippen LogP contribution < -0.4 is 0 Å². The van der Waals surface area contributed by atoms with Gasteiger partial charge in [0, 0.05) is 66.1 Å². The summed E-state index contributed by atoms with van der Waals surface area (Å²) in [6, 6.07) is 47.1. The van der Waals surface area contributed by atoms with E-state index in [-0.39, 0.29) is 0 Å². The molecule has 6 aromatic carbocycles. The molecule has 0 unspecified atom stereocenters. The first kappa shape index (κ1) is 28.4. The molecule has 50 heavy (non-hydrogen) atoms. The highest BCUT2D eigenvalue weighted by Crippen LogP contribution is 2.47. The van der Waals surface area contributed by atoms with Crippen molar-refractivity contribution in [2.24, 2.45) is 0 Å². The molecule has 232 valence electrons. The maximum Gasteiger partial charge on any atom is 0.0991 e. The molecule has 0 bridgehead atoms. The van der Waals surface area contributed by atoms with Gasteiger partial charge in [0.1, 0.15) is 0 Å². The van der Waals surface area contributed by atoms with E-state index in [0.717, 1.165) is 51.1 Å². The molecular formula is C45H26N4S. The zero-order valence-electron chi connectivity index (χ0n) is 26.8. The van der Waals surface area contributed by atoms with Gasteiger partial charge in [-0.1, -0.05) is 91.0 Å². The van der Waals surface area contributed by atoms with E-state index in [1.807, 2.05) is 35.6 Å². The van der Waals surface area contributed by atoms with Gasteiger partial charge in [0.05, 0.1) is 50.2 Å². The molecule has 0 saturated heterocycles. The van der Waals surface area contributed by atoms with Crippen molar-refractivity contribution in [3.8, 4) is 34.6 Å². The summed E-state index contributed by atoms with van der Waals surface area (Å²) in [6.07, 6.45) is 9.22. The summed E-state index contributed by atoms with van der Waals surface area (Å²) in [5.74, 6) is 0. The monoisotopic (exact) mass is 654 g/mol. The molecule has 0 fully saturated rings. The summed E-state index contributed by atoms with van der Waals surface area (Å²) in [6.45, 7) is 0. The lowest BCUT2D eigenvalue weighted by atomic mass is 9.98. The van der Waals surface area contributed by atoms with Gasteiger partial charge in [0.15, 0.2) is 0 Å². The molecule has 0 amide bonds. The van der Waals surface area contributed by atoms with Crippen LogP contribution in [0.3, 0.4) is 0 Å². The van der Waals surface area contributed by atoms with Crippen LogP contribution in [-0.2, 0) is 6.42 Å². The number of thiophene rings is 1. The van der Waals surface area contributed by atoms with Crippen LogP contribution in [0.15, 0.2) is 140 Å². The molecular weight excluding hydrogens is 629 g/mol. The van der Waals surface area contributed by atoms with Crippen molar-refractivity contribution in [1.82, 2.24) is 9.13 Å². The Bertz CT molecular complexity index is 3030. The number of fused-ring (bicyclic) bond motifs is 10. The van der Waals surface area contributed by atoms with E-state index in [0.29, 0.717) is 11.1 Å². The molecule has 0 radical (unpaired) electrons. The molecule has 0 N–H and O–H groups in total. The van der Waals surface area contributed by atoms with Crippen LogP contribution >= 0.6 is 11.3 Å². The second kappa shape index (κ2) is 10.9. The van der Waals surface area contributed by atoms with Crippen LogP contribution in [-0.4, -0.2) is 9.13 Å². The van der Waals surface area contributed by atoms with Gasteiger partial charge in [-0.2, -0.15) is 10.5 Å². The van der Waals surface area contributed by atoms with Crippen molar-refractivity contribution in [2.75, 3.05) is 0 Å². The number of hydrogen-bond donors (Lipinski definition) is 0. The van der Waals surface area contributed by atoms with Crippen LogP contribution in [0.2, 0.25) is 0 Å². The zero-order valence-corrected chi connectivity index (χ0v) is 27.6. The van der Waals surface area contributed by atoms with Crippen LogP contribution in [0.25, 0.3) is 81.5 Å². The van der Waals surface area contributed by atoms with Crippen molar-refractivity contribution in [3.05, 3.63) is 162 Å². The fourth-order valence-electron chi connectivity index (χ4n) is 7.89. The van der Waals surface area contributed by atoms with E-state index in [9.17, 15) is 10.5 Å². The highest BCUT2D eigenvalue weighted by atomic mass is 32.1. The molecule has 3 heterocycles. The Kier molecular flexibility index (Phi) is 6.20. The topological polar surface area (TPSA) is 57.4 Å². The maximum atomic E-state index is 10.1. The summed E-state index contributed by atoms with van der Waals surface area (Å²) >= 11 is 1.83. The predicted octanol–water partition coefficient (Wildman–Crippen LogP) is 11.6. The van der Waals surface area contributed by atoms with E-state index in [1.165, 1.54) is 42.0 Å². The van der Waals surface area contributed by atoms with Gasteiger partial charge in [0.25, 0.3) is 0 Å². The lowest BCUT2D eigenvalue weighted by molar-refractivity contribution is 1.00. The van der Waals surface area contributed by atoms with Gasteiger partial charge in [-0.25, -0.2) is 0 Å². The number of nitriles is 2. The highest BCUT2D eigenvalue weighted by Gasteiger charge is 2.23. The van der Waals surface area contributed by atoms with Crippen LogP contribution in [0.1, 0.15) is 22.4 Å². The van der Waals surface area contributed by atoms with Crippen molar-refractivity contribution in [3.63, 3.8) is 0 Å². The molecule has 3 aromatic heterocycles. The van der Waals surface area contributed by atoms with Crippen LogP contribution in [0.4, 0.5) is 0 Å². The number of hydrogen-bond acceptors (Lipinski definition) is 3. The molecule has 0 saturated carbocycles. The number of aromatic nitrogens is 2. The second-order valence-electron chi connectivity index (χ2n) is 12.7. The minimum absolute atomic E-state index is 0.613. The molecule has 0 spiro atoms. The first-order valence-corrected chi connectivity index (χ1v) is 17.4. The molecule has 0 atom stereocenters. The molecule has 0 aliphatic heterocycles. The molecule has 4 nitrogen and oxygen atoms in total. The summed E-state index contributed by atoms with van der Waals surface area (Å²) in [5, 5.41) is 25.8. The third kappa shape index (κ3) is 4.02. The van der Waals surface area contributed by atoms with Crippen LogP contribution in [0, 0.1) is 22.7 Å². The minimum Gasteiger partial charge on any atom is -0.312 e. The fourth-order valence-corrected chi connectivity index (χ4v) is 9.25. The molecule has 10 rings (SSSR count). The van der Waals surface area contributed by atoms with Crippen molar-refractivity contribution >= 4 is 70.3 Å². The van der Waals surface area contributed by atoms with E-state index < -0.39 is 0 Å². The average molecular weight is 655 g/mol. The molecule has 1 aliphatic carbocycles. The van der Waals surface area contributed by atoms with E-state index in [1.54, 1.807) is 0 Å². The van der Waals surface area contributed by atoms with Crippen LogP contribution in [0.5, 0.6) is 0 Å². The third-order valence-corrected chi connectivity index (χ3v) is 11.3. The minimum atomic E-state index is 0.613. The third-order valence-electron chi connectivity index (χ3n) is 10.0. The number of nitrogens with zero attached hydrogens (tertiary/aromatic N) is 4.